The number of rotatable bonds is 2. The van der Waals surface area contributed by atoms with Crippen LogP contribution in [0, 0.1) is 5.82 Å². The highest BCUT2D eigenvalue weighted by Gasteiger charge is 2.18. The normalized spacial score (nSPS) is 14.2. The van der Waals surface area contributed by atoms with Gasteiger partial charge in [0.05, 0.1) is 0 Å². The van der Waals surface area contributed by atoms with Crippen LogP contribution in [0.15, 0.2) is 53.0 Å². The summed E-state index contributed by atoms with van der Waals surface area (Å²) in [7, 11) is 0. The molecule has 0 aliphatic carbocycles. The zero-order valence-corrected chi connectivity index (χ0v) is 13.5. The van der Waals surface area contributed by atoms with Gasteiger partial charge in [0.1, 0.15) is 5.82 Å². The summed E-state index contributed by atoms with van der Waals surface area (Å²) in [5.74, 6) is -0.426. The minimum atomic E-state index is -0.337. The van der Waals surface area contributed by atoms with Crippen LogP contribution in [-0.2, 0) is 17.8 Å². The molecule has 0 N–H and O–H groups in total. The summed E-state index contributed by atoms with van der Waals surface area (Å²) in [6, 6.07) is 12.8. The first-order valence-corrected chi connectivity index (χ1v) is 7.91. The van der Waals surface area contributed by atoms with E-state index >= 15 is 0 Å². The van der Waals surface area contributed by atoms with Gasteiger partial charge in [-0.3, -0.25) is 4.79 Å². The van der Waals surface area contributed by atoms with E-state index in [0.717, 1.165) is 10.9 Å². The van der Waals surface area contributed by atoms with Crippen LogP contribution in [0.3, 0.4) is 0 Å². The molecule has 0 radical (unpaired) electrons. The monoisotopic (exact) mass is 359 g/mol. The maximum Gasteiger partial charge on any atom is 0.246 e. The van der Waals surface area contributed by atoms with E-state index in [-0.39, 0.29) is 11.7 Å². The Bertz CT molecular complexity index is 742. The van der Waals surface area contributed by atoms with Crippen molar-refractivity contribution < 1.29 is 9.18 Å². The molecule has 2 aromatic carbocycles. The lowest BCUT2D eigenvalue weighted by Gasteiger charge is -2.27. The Labute approximate surface area is 137 Å². The lowest BCUT2D eigenvalue weighted by molar-refractivity contribution is -0.126. The van der Waals surface area contributed by atoms with E-state index in [1.54, 1.807) is 17.0 Å². The number of carbonyl (C=O) groups is 1. The van der Waals surface area contributed by atoms with Crippen LogP contribution >= 0.6 is 15.9 Å². The van der Waals surface area contributed by atoms with Gasteiger partial charge in [-0.2, -0.15) is 0 Å². The fraction of sp³-hybridized carbons (Fsp3) is 0.167. The van der Waals surface area contributed by atoms with Gasteiger partial charge < -0.3 is 4.90 Å². The molecule has 0 aromatic heterocycles. The van der Waals surface area contributed by atoms with Gasteiger partial charge in [-0.15, -0.1) is 0 Å². The molecule has 0 bridgehead atoms. The Hall–Kier alpha value is -1.94. The Morgan fingerprint density at radius 1 is 1.18 bits per heavy atom. The first kappa shape index (κ1) is 15.0. The number of nitrogens with zero attached hydrogens (tertiary/aromatic N) is 1. The Kier molecular flexibility index (Phi) is 4.39. The van der Waals surface area contributed by atoms with E-state index in [2.05, 4.69) is 22.0 Å². The summed E-state index contributed by atoms with van der Waals surface area (Å²) in [5, 5.41) is 0. The second-order valence-electron chi connectivity index (χ2n) is 5.28. The molecule has 1 aliphatic rings. The first-order chi connectivity index (χ1) is 10.6. The number of fused-ring (bicyclic) bond motifs is 1. The van der Waals surface area contributed by atoms with Crippen LogP contribution in [0.2, 0.25) is 0 Å². The number of hydrogen-bond donors (Lipinski definition) is 0. The minimum absolute atomic E-state index is 0.0890. The highest BCUT2D eigenvalue weighted by Crippen LogP contribution is 2.20. The summed E-state index contributed by atoms with van der Waals surface area (Å²) in [6.07, 6.45) is 3.84. The lowest BCUT2D eigenvalue weighted by atomic mass is 10.00. The summed E-state index contributed by atoms with van der Waals surface area (Å²) in [6.45, 7) is 1.31. The Balaban J connectivity index is 1.73. The highest BCUT2D eigenvalue weighted by molar-refractivity contribution is 9.10. The number of carbonyl (C=O) groups excluding carboxylic acids is 1. The molecule has 1 heterocycles. The fourth-order valence-electron chi connectivity index (χ4n) is 2.59. The number of benzene rings is 2. The average molecular weight is 360 g/mol. The van der Waals surface area contributed by atoms with Gasteiger partial charge in [-0.25, -0.2) is 4.39 Å². The van der Waals surface area contributed by atoms with Gasteiger partial charge in [-0.05, 0) is 41.8 Å². The first-order valence-electron chi connectivity index (χ1n) is 7.12. The predicted octanol–water partition coefficient (Wildman–Crippen LogP) is 4.19. The zero-order valence-electron chi connectivity index (χ0n) is 11.9. The Morgan fingerprint density at radius 2 is 1.95 bits per heavy atom. The highest BCUT2D eigenvalue weighted by atomic mass is 79.9. The quantitative estimate of drug-likeness (QED) is 0.736. The Morgan fingerprint density at radius 3 is 2.77 bits per heavy atom. The van der Waals surface area contributed by atoms with E-state index < -0.39 is 0 Å². The average Bonchev–Trinajstić information content (AvgIpc) is 2.55. The van der Waals surface area contributed by atoms with E-state index in [1.807, 2.05) is 18.2 Å². The van der Waals surface area contributed by atoms with Crippen molar-refractivity contribution in [1.82, 2.24) is 4.90 Å². The smallest absolute Gasteiger partial charge is 0.246 e. The van der Waals surface area contributed by atoms with Crippen LogP contribution in [0.1, 0.15) is 16.7 Å². The van der Waals surface area contributed by atoms with Crippen molar-refractivity contribution in [3.05, 3.63) is 75.5 Å². The summed E-state index contributed by atoms with van der Waals surface area (Å²) >= 11 is 3.30. The number of amides is 1. The predicted molar refractivity (Wildman–Crippen MR) is 88.7 cm³/mol. The van der Waals surface area contributed by atoms with Gasteiger partial charge in [0.15, 0.2) is 0 Å². The molecule has 22 heavy (non-hydrogen) atoms. The topological polar surface area (TPSA) is 20.3 Å². The van der Waals surface area contributed by atoms with Crippen LogP contribution < -0.4 is 0 Å². The third kappa shape index (κ3) is 3.28. The van der Waals surface area contributed by atoms with Gasteiger partial charge in [0.25, 0.3) is 0 Å². The van der Waals surface area contributed by atoms with Gasteiger partial charge in [-0.1, -0.05) is 40.2 Å². The SMILES string of the molecule is O=C(/C=C/c1cc(Br)ccc1F)N1CCc2ccccc2C1. The molecule has 0 saturated carbocycles. The molecule has 0 spiro atoms. The summed E-state index contributed by atoms with van der Waals surface area (Å²) < 4.78 is 14.4. The molecule has 3 rings (SSSR count). The third-order valence-corrected chi connectivity index (χ3v) is 4.30. The van der Waals surface area contributed by atoms with E-state index in [0.29, 0.717) is 18.7 Å². The molecule has 0 unspecified atom stereocenters. The summed E-state index contributed by atoms with van der Waals surface area (Å²) in [4.78, 5) is 14.1. The van der Waals surface area contributed by atoms with Crippen molar-refractivity contribution in [3.63, 3.8) is 0 Å². The van der Waals surface area contributed by atoms with Crippen LogP contribution in [-0.4, -0.2) is 17.4 Å². The fourth-order valence-corrected chi connectivity index (χ4v) is 2.97. The molecule has 0 fully saturated rings. The van der Waals surface area contributed by atoms with Crippen molar-refractivity contribution in [2.45, 2.75) is 13.0 Å². The van der Waals surface area contributed by atoms with Crippen LogP contribution in [0.4, 0.5) is 4.39 Å². The molecule has 2 nitrogen and oxygen atoms in total. The standard InChI is InChI=1S/C18H15BrFNO/c19-16-6-7-17(20)14(11-16)5-8-18(22)21-10-9-13-3-1-2-4-15(13)12-21/h1-8,11H,9-10,12H2/b8-5+. The molecule has 2 aromatic rings. The van der Waals surface area contributed by atoms with Crippen LogP contribution in [0.25, 0.3) is 6.08 Å². The van der Waals surface area contributed by atoms with Crippen molar-refractivity contribution >= 4 is 27.9 Å². The molecular weight excluding hydrogens is 345 g/mol. The van der Waals surface area contributed by atoms with E-state index in [9.17, 15) is 9.18 Å². The van der Waals surface area contributed by atoms with Gasteiger partial charge in [0.2, 0.25) is 5.91 Å². The van der Waals surface area contributed by atoms with Gasteiger partial charge in [0, 0.05) is 29.2 Å². The molecule has 0 atom stereocenters. The van der Waals surface area contributed by atoms with Crippen molar-refractivity contribution in [1.29, 1.82) is 0 Å². The molecule has 0 saturated heterocycles. The third-order valence-electron chi connectivity index (χ3n) is 3.81. The number of halogens is 2. The second-order valence-corrected chi connectivity index (χ2v) is 6.19. The molecular formula is C18H15BrFNO. The van der Waals surface area contributed by atoms with Crippen molar-refractivity contribution in [3.8, 4) is 0 Å². The molecule has 1 aliphatic heterocycles. The van der Waals surface area contributed by atoms with Crippen LogP contribution in [0.5, 0.6) is 0 Å². The molecule has 1 amide bonds. The minimum Gasteiger partial charge on any atom is -0.334 e. The second kappa shape index (κ2) is 6.44. The zero-order chi connectivity index (χ0) is 15.5. The molecule has 4 heteroatoms. The van der Waals surface area contributed by atoms with Crippen molar-refractivity contribution in [2.75, 3.05) is 6.54 Å². The van der Waals surface area contributed by atoms with E-state index in [1.165, 1.54) is 29.3 Å². The molecule has 112 valence electrons. The summed E-state index contributed by atoms with van der Waals surface area (Å²) in [5.41, 5.74) is 2.89. The number of hydrogen-bond acceptors (Lipinski definition) is 1. The largest absolute Gasteiger partial charge is 0.334 e. The maximum atomic E-state index is 13.7. The van der Waals surface area contributed by atoms with E-state index in [4.69, 9.17) is 0 Å². The van der Waals surface area contributed by atoms with Gasteiger partial charge >= 0.3 is 0 Å². The maximum absolute atomic E-state index is 13.7. The van der Waals surface area contributed by atoms with Crippen molar-refractivity contribution in [2.24, 2.45) is 0 Å². The lowest BCUT2D eigenvalue weighted by Crippen LogP contribution is -2.34.